The first-order valence-corrected chi connectivity index (χ1v) is 7.08. The molecule has 0 saturated carbocycles. The van der Waals surface area contributed by atoms with Crippen molar-refractivity contribution >= 4 is 5.82 Å². The summed E-state index contributed by atoms with van der Waals surface area (Å²) in [5.74, 6) is 0.334. The van der Waals surface area contributed by atoms with E-state index >= 15 is 0 Å². The SMILES string of the molecule is Cn1c2c(c(=O)n(C)c1=O)C[NH+](Cc1ccc(F)cc1)CN2. The molecule has 2 aromatic rings. The molecule has 0 bridgehead atoms. The van der Waals surface area contributed by atoms with Crippen LogP contribution in [0.3, 0.4) is 0 Å². The third kappa shape index (κ3) is 2.43. The summed E-state index contributed by atoms with van der Waals surface area (Å²) < 4.78 is 15.5. The van der Waals surface area contributed by atoms with E-state index in [-0.39, 0.29) is 17.1 Å². The van der Waals surface area contributed by atoms with Crippen LogP contribution < -0.4 is 21.5 Å². The minimum atomic E-state index is -0.335. The average molecular weight is 305 g/mol. The number of benzene rings is 1. The molecule has 22 heavy (non-hydrogen) atoms. The van der Waals surface area contributed by atoms with E-state index in [1.807, 2.05) is 0 Å². The van der Waals surface area contributed by atoms with Crippen LogP contribution in [0.5, 0.6) is 0 Å². The summed E-state index contributed by atoms with van der Waals surface area (Å²) in [7, 11) is 3.14. The van der Waals surface area contributed by atoms with Gasteiger partial charge < -0.3 is 10.2 Å². The van der Waals surface area contributed by atoms with Crippen molar-refractivity contribution < 1.29 is 9.29 Å². The summed E-state index contributed by atoms with van der Waals surface area (Å²) in [6.07, 6.45) is 0. The van der Waals surface area contributed by atoms with Crippen LogP contribution in [0.4, 0.5) is 10.2 Å². The topological polar surface area (TPSA) is 60.5 Å². The zero-order valence-corrected chi connectivity index (χ0v) is 12.5. The van der Waals surface area contributed by atoms with Gasteiger partial charge in [-0.15, -0.1) is 0 Å². The normalized spacial score (nSPS) is 17.0. The third-order valence-electron chi connectivity index (χ3n) is 4.06. The Labute approximate surface area is 126 Å². The fraction of sp³-hybridized carbons (Fsp3) is 0.333. The molecule has 1 aromatic heterocycles. The van der Waals surface area contributed by atoms with Gasteiger partial charge in [-0.25, -0.2) is 9.18 Å². The third-order valence-corrected chi connectivity index (χ3v) is 4.06. The fourth-order valence-corrected chi connectivity index (χ4v) is 2.84. The van der Waals surface area contributed by atoms with Crippen LogP contribution in [-0.2, 0) is 27.2 Å². The molecule has 0 amide bonds. The fourth-order valence-electron chi connectivity index (χ4n) is 2.84. The Morgan fingerprint density at radius 1 is 1.18 bits per heavy atom. The van der Waals surface area contributed by atoms with Crippen LogP contribution in [0.25, 0.3) is 0 Å². The summed E-state index contributed by atoms with van der Waals surface area (Å²) in [6.45, 7) is 1.81. The van der Waals surface area contributed by atoms with Crippen LogP contribution in [0.2, 0.25) is 0 Å². The van der Waals surface area contributed by atoms with Crippen LogP contribution in [0.15, 0.2) is 33.9 Å². The van der Waals surface area contributed by atoms with Crippen LogP contribution in [-0.4, -0.2) is 15.8 Å². The largest absolute Gasteiger partial charge is 0.332 e. The predicted octanol–water partition coefficient (Wildman–Crippen LogP) is -0.809. The lowest BCUT2D eigenvalue weighted by atomic mass is 10.1. The standard InChI is InChI=1S/C15H17FN4O2/c1-18-13-12(14(21)19(2)15(18)22)8-20(9-17-13)7-10-3-5-11(16)6-4-10/h3-6,17H,7-9H2,1-2H3/p+1. The van der Waals surface area contributed by atoms with Crippen molar-refractivity contribution in [3.63, 3.8) is 0 Å². The Kier molecular flexibility index (Phi) is 3.58. The minimum absolute atomic E-state index is 0.260. The number of rotatable bonds is 2. The number of nitrogens with one attached hydrogen (secondary N) is 2. The van der Waals surface area contributed by atoms with E-state index in [1.165, 1.54) is 23.7 Å². The zero-order valence-electron chi connectivity index (χ0n) is 12.5. The molecule has 0 aliphatic carbocycles. The number of anilines is 1. The van der Waals surface area contributed by atoms with E-state index < -0.39 is 0 Å². The molecule has 6 nitrogen and oxygen atoms in total. The molecule has 0 radical (unpaired) electrons. The molecule has 1 aliphatic rings. The Hall–Kier alpha value is -2.41. The lowest BCUT2D eigenvalue weighted by Crippen LogP contribution is -3.11. The Balaban J connectivity index is 1.89. The maximum atomic E-state index is 12.9. The maximum absolute atomic E-state index is 12.9. The first-order valence-electron chi connectivity index (χ1n) is 7.08. The Morgan fingerprint density at radius 2 is 1.86 bits per heavy atom. The van der Waals surface area contributed by atoms with Gasteiger partial charge in [0.15, 0.2) is 6.67 Å². The highest BCUT2D eigenvalue weighted by atomic mass is 19.1. The van der Waals surface area contributed by atoms with Crippen molar-refractivity contribution in [2.24, 2.45) is 14.1 Å². The van der Waals surface area contributed by atoms with Gasteiger partial charge in [0.05, 0.1) is 0 Å². The van der Waals surface area contributed by atoms with E-state index in [1.54, 1.807) is 19.2 Å². The molecule has 0 spiro atoms. The average Bonchev–Trinajstić information content (AvgIpc) is 2.53. The summed E-state index contributed by atoms with van der Waals surface area (Å²) in [4.78, 5) is 25.3. The van der Waals surface area contributed by atoms with Gasteiger partial charge in [-0.3, -0.25) is 13.9 Å². The lowest BCUT2D eigenvalue weighted by molar-refractivity contribution is -0.926. The Morgan fingerprint density at radius 3 is 2.55 bits per heavy atom. The van der Waals surface area contributed by atoms with Gasteiger partial charge in [0, 0.05) is 19.7 Å². The van der Waals surface area contributed by atoms with Crippen molar-refractivity contribution in [2.75, 3.05) is 12.0 Å². The van der Waals surface area contributed by atoms with E-state index in [0.29, 0.717) is 31.1 Å². The molecule has 116 valence electrons. The van der Waals surface area contributed by atoms with Crippen LogP contribution in [0.1, 0.15) is 11.1 Å². The van der Waals surface area contributed by atoms with Crippen molar-refractivity contribution in [1.82, 2.24) is 9.13 Å². The van der Waals surface area contributed by atoms with Crippen molar-refractivity contribution in [1.29, 1.82) is 0 Å². The minimum Gasteiger partial charge on any atom is -0.324 e. The predicted molar refractivity (Wildman–Crippen MR) is 80.2 cm³/mol. The number of fused-ring (bicyclic) bond motifs is 1. The molecular weight excluding hydrogens is 287 g/mol. The van der Waals surface area contributed by atoms with E-state index in [2.05, 4.69) is 5.32 Å². The molecule has 1 atom stereocenters. The lowest BCUT2D eigenvalue weighted by Gasteiger charge is -2.28. The first kappa shape index (κ1) is 14.5. The highest BCUT2D eigenvalue weighted by Crippen LogP contribution is 2.09. The second kappa shape index (κ2) is 5.42. The van der Waals surface area contributed by atoms with E-state index in [0.717, 1.165) is 15.0 Å². The van der Waals surface area contributed by atoms with Crippen molar-refractivity contribution in [2.45, 2.75) is 13.1 Å². The van der Waals surface area contributed by atoms with E-state index in [9.17, 15) is 14.0 Å². The van der Waals surface area contributed by atoms with Gasteiger partial charge in [-0.2, -0.15) is 0 Å². The van der Waals surface area contributed by atoms with E-state index in [4.69, 9.17) is 0 Å². The number of hydrogen-bond acceptors (Lipinski definition) is 3. The highest BCUT2D eigenvalue weighted by molar-refractivity contribution is 5.43. The molecular formula is C15H18FN4O2+. The summed E-state index contributed by atoms with van der Waals surface area (Å²) >= 11 is 0. The molecule has 0 saturated heterocycles. The quantitative estimate of drug-likeness (QED) is 0.763. The smallest absolute Gasteiger partial charge is 0.324 e. The molecule has 0 fully saturated rings. The van der Waals surface area contributed by atoms with Gasteiger partial charge in [0.2, 0.25) is 0 Å². The second-order valence-electron chi connectivity index (χ2n) is 5.62. The molecule has 7 heteroatoms. The van der Waals surface area contributed by atoms with Crippen molar-refractivity contribution in [3.8, 4) is 0 Å². The monoisotopic (exact) mass is 305 g/mol. The summed E-state index contributed by atoms with van der Waals surface area (Å²) in [5.41, 5.74) is 1.01. The maximum Gasteiger partial charge on any atom is 0.332 e. The number of quaternary nitrogens is 1. The second-order valence-corrected chi connectivity index (χ2v) is 5.62. The molecule has 1 aliphatic heterocycles. The molecule has 1 unspecified atom stereocenters. The number of hydrogen-bond donors (Lipinski definition) is 2. The Bertz CT molecular complexity index is 823. The number of halogens is 1. The molecule has 3 rings (SSSR count). The zero-order chi connectivity index (χ0) is 15.9. The number of aromatic nitrogens is 2. The first-order chi connectivity index (χ1) is 10.5. The summed E-state index contributed by atoms with van der Waals surface area (Å²) in [6, 6.07) is 6.36. The van der Waals surface area contributed by atoms with Gasteiger partial charge in [-0.05, 0) is 12.1 Å². The number of nitrogens with zero attached hydrogens (tertiary/aromatic N) is 2. The van der Waals surface area contributed by atoms with Gasteiger partial charge in [-0.1, -0.05) is 12.1 Å². The van der Waals surface area contributed by atoms with Crippen LogP contribution in [0, 0.1) is 5.82 Å². The molecule has 2 N–H and O–H groups in total. The summed E-state index contributed by atoms with van der Waals surface area (Å²) in [5, 5.41) is 3.16. The van der Waals surface area contributed by atoms with Gasteiger partial charge in [0.25, 0.3) is 5.56 Å². The van der Waals surface area contributed by atoms with Crippen LogP contribution >= 0.6 is 0 Å². The van der Waals surface area contributed by atoms with Gasteiger partial charge >= 0.3 is 5.69 Å². The molecule has 2 heterocycles. The highest BCUT2D eigenvalue weighted by Gasteiger charge is 2.25. The molecule has 1 aromatic carbocycles. The van der Waals surface area contributed by atoms with Gasteiger partial charge in [0.1, 0.15) is 30.3 Å². The van der Waals surface area contributed by atoms with Crippen molar-refractivity contribution in [3.05, 3.63) is 62.0 Å².